The van der Waals surface area contributed by atoms with Crippen LogP contribution in [0.1, 0.15) is 74.0 Å². The second kappa shape index (κ2) is 15.1. The number of aryl methyl sites for hydroxylation is 4. The molecule has 7 aromatic rings. The Morgan fingerprint density at radius 3 is 1.93 bits per heavy atom. The van der Waals surface area contributed by atoms with Crippen molar-refractivity contribution in [1.82, 2.24) is 19.7 Å². The lowest BCUT2D eigenvalue weighted by Crippen LogP contribution is -2.34. The second-order valence-electron chi connectivity index (χ2n) is 15.9. The number of hydrogen-bond acceptors (Lipinski definition) is 9. The predicted octanol–water partition coefficient (Wildman–Crippen LogP) is 8.79. The number of ether oxygens (including phenoxy) is 3. The Labute approximate surface area is 342 Å². The average molecular weight is 781 g/mol. The van der Waals surface area contributed by atoms with Crippen molar-refractivity contribution in [1.29, 1.82) is 0 Å². The van der Waals surface area contributed by atoms with Crippen LogP contribution in [0, 0.1) is 27.7 Å². The molecule has 0 radical (unpaired) electrons. The van der Waals surface area contributed by atoms with Crippen LogP contribution >= 0.6 is 0 Å². The Bertz CT molecular complexity index is 2830. The molecule has 1 atom stereocenters. The van der Waals surface area contributed by atoms with Crippen LogP contribution in [0.4, 0.5) is 5.69 Å². The fourth-order valence-corrected chi connectivity index (χ4v) is 7.99. The molecule has 0 bridgehead atoms. The van der Waals surface area contributed by atoms with Gasteiger partial charge in [-0.05, 0) is 98.0 Å². The first kappa shape index (κ1) is 37.0. The first-order valence-electron chi connectivity index (χ1n) is 20.2. The molecule has 3 aromatic heterocycles. The smallest absolute Gasteiger partial charge is 0.279 e. The van der Waals surface area contributed by atoms with Crippen LogP contribution < -0.4 is 10.6 Å². The van der Waals surface area contributed by atoms with Crippen molar-refractivity contribution < 1.29 is 14.2 Å². The van der Waals surface area contributed by atoms with Gasteiger partial charge in [0.25, 0.3) is 5.56 Å². The van der Waals surface area contributed by atoms with Gasteiger partial charge in [-0.15, -0.1) is 0 Å². The third-order valence-corrected chi connectivity index (χ3v) is 12.0. The van der Waals surface area contributed by atoms with Crippen molar-refractivity contribution in [3.8, 4) is 16.9 Å². The molecule has 59 heavy (non-hydrogen) atoms. The minimum absolute atomic E-state index is 0.165. The van der Waals surface area contributed by atoms with Gasteiger partial charge in [0.2, 0.25) is 0 Å². The molecule has 6 heterocycles. The Morgan fingerprint density at radius 1 is 0.661 bits per heavy atom. The van der Waals surface area contributed by atoms with Crippen LogP contribution in [0.5, 0.6) is 0 Å². The number of nitrogens with zero attached hydrogens (tertiary/aromatic N) is 6. The van der Waals surface area contributed by atoms with E-state index < -0.39 is 6.23 Å². The number of rotatable bonds is 9. The third kappa shape index (κ3) is 6.82. The maximum absolute atomic E-state index is 14.1. The van der Waals surface area contributed by atoms with Crippen LogP contribution in [0.2, 0.25) is 0 Å². The SMILES string of the molecule is Cc1cc2c(cc1C)C(OCc1ccc(-c3nn(-c4ccnc(C5COC5)c4)c(=O)c4cc(C)c(C)cc34)cc1)N(c1ccnc(C3COC3)c1)N=C2c1ccccc1. The standard InChI is InChI=1S/C49H44N6O4/c1-29-18-40-42(20-31(29)3)48(56)54(38-14-16-50-44(22-38)36-25-57-26-36)52-47(40)35-12-10-33(11-13-35)24-59-49-43-21-32(4)30(2)19-41(43)46(34-8-6-5-7-9-34)53-55(49)39-15-17-51-45(23-39)37-27-58-28-37/h5-23,36-37,49H,24-28H2,1-4H3. The predicted molar refractivity (Wildman–Crippen MR) is 229 cm³/mol. The van der Waals surface area contributed by atoms with Crippen molar-refractivity contribution in [3.63, 3.8) is 0 Å². The lowest BCUT2D eigenvalue weighted by atomic mass is 9.91. The maximum atomic E-state index is 14.1. The molecule has 4 aromatic carbocycles. The minimum Gasteiger partial charge on any atom is -0.380 e. The molecule has 10 nitrogen and oxygen atoms in total. The Hall–Kier alpha value is -6.33. The fourth-order valence-electron chi connectivity index (χ4n) is 7.99. The second-order valence-corrected chi connectivity index (χ2v) is 15.9. The van der Waals surface area contributed by atoms with Crippen molar-refractivity contribution >= 4 is 22.2 Å². The molecule has 2 saturated heterocycles. The zero-order valence-electron chi connectivity index (χ0n) is 33.6. The number of hydrogen-bond donors (Lipinski definition) is 0. The summed E-state index contributed by atoms with van der Waals surface area (Å²) < 4.78 is 19.4. The van der Waals surface area contributed by atoms with Gasteiger partial charge in [0.15, 0.2) is 6.23 Å². The summed E-state index contributed by atoms with van der Waals surface area (Å²) in [5.41, 5.74) is 14.5. The van der Waals surface area contributed by atoms with E-state index in [4.69, 9.17) is 29.4 Å². The molecule has 1 unspecified atom stereocenters. The van der Waals surface area contributed by atoms with Gasteiger partial charge >= 0.3 is 0 Å². The minimum atomic E-state index is -0.513. The summed E-state index contributed by atoms with van der Waals surface area (Å²) in [6, 6.07) is 35.1. The Balaban J connectivity index is 1.01. The topological polar surface area (TPSA) is 104 Å². The van der Waals surface area contributed by atoms with Crippen molar-refractivity contribution in [2.24, 2.45) is 5.10 Å². The van der Waals surface area contributed by atoms with Gasteiger partial charge in [-0.25, -0.2) is 5.01 Å². The monoisotopic (exact) mass is 780 g/mol. The molecule has 10 heteroatoms. The molecule has 0 spiro atoms. The van der Waals surface area contributed by atoms with Gasteiger partial charge < -0.3 is 14.2 Å². The summed E-state index contributed by atoms with van der Waals surface area (Å²) >= 11 is 0. The van der Waals surface area contributed by atoms with E-state index in [0.717, 1.165) is 72.8 Å². The highest BCUT2D eigenvalue weighted by Gasteiger charge is 2.33. The molecular formula is C49H44N6O4. The summed E-state index contributed by atoms with van der Waals surface area (Å²) in [5, 5.41) is 13.8. The molecule has 0 saturated carbocycles. The molecule has 0 N–H and O–H groups in total. The molecule has 294 valence electrons. The van der Waals surface area contributed by atoms with Crippen molar-refractivity contribution in [2.75, 3.05) is 31.4 Å². The summed E-state index contributed by atoms with van der Waals surface area (Å²) in [4.78, 5) is 23.3. The zero-order valence-corrected chi connectivity index (χ0v) is 33.6. The number of anilines is 1. The van der Waals surface area contributed by atoms with Gasteiger partial charge in [-0.3, -0.25) is 14.8 Å². The van der Waals surface area contributed by atoms with Gasteiger partial charge in [0, 0.05) is 51.9 Å². The summed E-state index contributed by atoms with van der Waals surface area (Å²) in [5.74, 6) is 0.478. The first-order chi connectivity index (χ1) is 28.8. The van der Waals surface area contributed by atoms with E-state index in [-0.39, 0.29) is 17.4 Å². The molecule has 0 aliphatic carbocycles. The van der Waals surface area contributed by atoms with Crippen LogP contribution in [-0.4, -0.2) is 51.9 Å². The highest BCUT2D eigenvalue weighted by molar-refractivity contribution is 6.15. The number of fused-ring (bicyclic) bond motifs is 2. The largest absolute Gasteiger partial charge is 0.380 e. The van der Waals surface area contributed by atoms with Gasteiger partial charge in [-0.2, -0.15) is 14.9 Å². The highest BCUT2D eigenvalue weighted by atomic mass is 16.5. The molecular weight excluding hydrogens is 737 g/mol. The van der Waals surface area contributed by atoms with E-state index >= 15 is 0 Å². The van der Waals surface area contributed by atoms with E-state index in [2.05, 4.69) is 86.4 Å². The number of pyridine rings is 2. The quantitative estimate of drug-likeness (QED) is 0.143. The molecule has 0 amide bonds. The van der Waals surface area contributed by atoms with Gasteiger partial charge in [0.05, 0.1) is 72.6 Å². The molecule has 2 fully saturated rings. The third-order valence-electron chi connectivity index (χ3n) is 12.0. The van der Waals surface area contributed by atoms with Crippen LogP contribution in [0.15, 0.2) is 125 Å². The maximum Gasteiger partial charge on any atom is 0.279 e. The van der Waals surface area contributed by atoms with E-state index in [1.54, 1.807) is 6.20 Å². The summed E-state index contributed by atoms with van der Waals surface area (Å²) in [6.07, 6.45) is 3.09. The number of benzene rings is 4. The summed E-state index contributed by atoms with van der Waals surface area (Å²) in [6.45, 7) is 11.3. The fraction of sp³-hybridized carbons (Fsp3) is 0.245. The van der Waals surface area contributed by atoms with Gasteiger partial charge in [-0.1, -0.05) is 60.7 Å². The molecule has 10 rings (SSSR count). The van der Waals surface area contributed by atoms with Crippen molar-refractivity contribution in [3.05, 3.63) is 182 Å². The highest BCUT2D eigenvalue weighted by Crippen LogP contribution is 2.39. The lowest BCUT2D eigenvalue weighted by Gasteiger charge is -2.36. The molecule has 3 aliphatic heterocycles. The first-order valence-corrected chi connectivity index (χ1v) is 20.2. The Morgan fingerprint density at radius 2 is 1.27 bits per heavy atom. The number of hydrazone groups is 1. The lowest BCUT2D eigenvalue weighted by molar-refractivity contribution is 0.00662. The van der Waals surface area contributed by atoms with Crippen molar-refractivity contribution in [2.45, 2.75) is 52.4 Å². The van der Waals surface area contributed by atoms with E-state index in [1.807, 2.05) is 60.6 Å². The number of aromatic nitrogens is 4. The van der Waals surface area contributed by atoms with Crippen LogP contribution in [-0.2, 0) is 20.8 Å². The molecule has 3 aliphatic rings. The Kier molecular flexibility index (Phi) is 9.48. The zero-order chi connectivity index (χ0) is 40.2. The van der Waals surface area contributed by atoms with Crippen LogP contribution in [0.3, 0.4) is 0 Å². The van der Waals surface area contributed by atoms with E-state index in [0.29, 0.717) is 44.1 Å². The van der Waals surface area contributed by atoms with Gasteiger partial charge in [0.1, 0.15) is 0 Å². The van der Waals surface area contributed by atoms with E-state index in [9.17, 15) is 4.79 Å². The normalized spacial score (nSPS) is 16.7. The van der Waals surface area contributed by atoms with E-state index in [1.165, 1.54) is 15.8 Å². The summed E-state index contributed by atoms with van der Waals surface area (Å²) in [7, 11) is 0. The van der Waals surface area contributed by atoms with Crippen LogP contribution in [0.25, 0.3) is 27.7 Å². The average Bonchev–Trinajstić information content (AvgIpc) is 3.21.